The normalized spacial score (nSPS) is 13.2. The number of hydrogen-bond acceptors (Lipinski definition) is 4. The van der Waals surface area contributed by atoms with Gasteiger partial charge in [0.15, 0.2) is 0 Å². The minimum atomic E-state index is -0.532. The summed E-state index contributed by atoms with van der Waals surface area (Å²) >= 11 is 0. The topological polar surface area (TPSA) is 55.8 Å². The van der Waals surface area contributed by atoms with Crippen molar-refractivity contribution in [2.75, 3.05) is 13.7 Å². The highest BCUT2D eigenvalue weighted by atomic mass is 16.6. The molecule has 0 aromatic heterocycles. The summed E-state index contributed by atoms with van der Waals surface area (Å²) < 4.78 is 9.96. The van der Waals surface area contributed by atoms with Crippen LogP contribution in [0.2, 0.25) is 0 Å². The van der Waals surface area contributed by atoms with Crippen molar-refractivity contribution in [1.82, 2.24) is 4.90 Å². The van der Waals surface area contributed by atoms with Crippen molar-refractivity contribution in [2.45, 2.75) is 46.3 Å². The molecule has 18 heavy (non-hydrogen) atoms. The van der Waals surface area contributed by atoms with Crippen LogP contribution in [0.4, 0.5) is 4.79 Å². The maximum Gasteiger partial charge on any atom is 0.410 e. The first-order valence-corrected chi connectivity index (χ1v) is 5.98. The van der Waals surface area contributed by atoms with Crippen LogP contribution in [0, 0.1) is 0 Å². The zero-order valence-corrected chi connectivity index (χ0v) is 12.0. The van der Waals surface area contributed by atoms with Crippen LogP contribution in [0.3, 0.4) is 0 Å². The lowest BCUT2D eigenvalue weighted by Gasteiger charge is -2.27. The number of rotatable bonds is 4. The standard InChI is InChI=1S/C13H23NO4/c1-7-17-11(15)9-8-10(2)14(6)12(16)18-13(3,4)5/h8-10H,7H2,1-6H3/b9-8+. The van der Waals surface area contributed by atoms with E-state index >= 15 is 0 Å². The van der Waals surface area contributed by atoms with E-state index < -0.39 is 17.7 Å². The highest BCUT2D eigenvalue weighted by Gasteiger charge is 2.21. The molecule has 0 radical (unpaired) electrons. The smallest absolute Gasteiger partial charge is 0.410 e. The summed E-state index contributed by atoms with van der Waals surface area (Å²) in [5.74, 6) is -0.415. The second kappa shape index (κ2) is 7.03. The summed E-state index contributed by atoms with van der Waals surface area (Å²) in [7, 11) is 1.62. The van der Waals surface area contributed by atoms with Gasteiger partial charge in [-0.1, -0.05) is 6.08 Å². The van der Waals surface area contributed by atoms with E-state index in [1.807, 2.05) is 0 Å². The van der Waals surface area contributed by atoms with Gasteiger partial charge >= 0.3 is 12.1 Å². The van der Waals surface area contributed by atoms with Gasteiger partial charge in [0.2, 0.25) is 0 Å². The number of amides is 1. The predicted molar refractivity (Wildman–Crippen MR) is 69.2 cm³/mol. The summed E-state index contributed by atoms with van der Waals surface area (Å²) in [6.45, 7) is 9.27. The van der Waals surface area contributed by atoms with Crippen LogP contribution in [0.1, 0.15) is 34.6 Å². The molecule has 0 aliphatic carbocycles. The second-order valence-corrected chi connectivity index (χ2v) is 4.94. The molecule has 1 unspecified atom stereocenters. The molecule has 0 saturated heterocycles. The Bertz CT molecular complexity index is 317. The van der Waals surface area contributed by atoms with Crippen LogP contribution in [-0.4, -0.2) is 42.3 Å². The molecule has 0 rings (SSSR count). The Labute approximate surface area is 109 Å². The monoisotopic (exact) mass is 257 g/mol. The lowest BCUT2D eigenvalue weighted by atomic mass is 10.2. The molecule has 0 bridgehead atoms. The molecule has 0 saturated carbocycles. The summed E-state index contributed by atoms with van der Waals surface area (Å²) in [6.07, 6.45) is 2.49. The van der Waals surface area contributed by atoms with E-state index in [0.29, 0.717) is 6.61 Å². The molecule has 0 aromatic carbocycles. The number of ether oxygens (including phenoxy) is 2. The SMILES string of the molecule is CCOC(=O)/C=C/C(C)N(C)C(=O)OC(C)(C)C. The van der Waals surface area contributed by atoms with Gasteiger partial charge in [-0.25, -0.2) is 9.59 Å². The molecule has 0 aliphatic heterocycles. The Morgan fingerprint density at radius 3 is 2.33 bits per heavy atom. The van der Waals surface area contributed by atoms with Crippen molar-refractivity contribution < 1.29 is 19.1 Å². The molecule has 1 amide bonds. The van der Waals surface area contributed by atoms with Crippen LogP contribution in [0.25, 0.3) is 0 Å². The molecule has 5 nitrogen and oxygen atoms in total. The van der Waals surface area contributed by atoms with E-state index in [2.05, 4.69) is 0 Å². The van der Waals surface area contributed by atoms with E-state index in [9.17, 15) is 9.59 Å². The third kappa shape index (κ3) is 6.93. The molecular formula is C13H23NO4. The van der Waals surface area contributed by atoms with Crippen molar-refractivity contribution >= 4 is 12.1 Å². The molecule has 104 valence electrons. The number of nitrogens with zero attached hydrogens (tertiary/aromatic N) is 1. The van der Waals surface area contributed by atoms with Gasteiger partial charge in [0, 0.05) is 13.1 Å². The number of carbonyl (C=O) groups excluding carboxylic acids is 2. The molecular weight excluding hydrogens is 234 g/mol. The summed E-state index contributed by atoms with van der Waals surface area (Å²) in [6, 6.07) is -0.246. The Balaban J connectivity index is 4.38. The Kier molecular flexibility index (Phi) is 6.44. The van der Waals surface area contributed by atoms with Crippen molar-refractivity contribution in [1.29, 1.82) is 0 Å². The van der Waals surface area contributed by atoms with Gasteiger partial charge in [0.05, 0.1) is 12.6 Å². The Hall–Kier alpha value is -1.52. The Morgan fingerprint density at radius 1 is 1.33 bits per heavy atom. The second-order valence-electron chi connectivity index (χ2n) is 4.94. The van der Waals surface area contributed by atoms with E-state index in [-0.39, 0.29) is 6.04 Å². The van der Waals surface area contributed by atoms with Gasteiger partial charge < -0.3 is 14.4 Å². The molecule has 0 heterocycles. The minimum absolute atomic E-state index is 0.246. The summed E-state index contributed by atoms with van der Waals surface area (Å²) in [4.78, 5) is 24.3. The number of likely N-dealkylation sites (N-methyl/N-ethyl adjacent to an activating group) is 1. The number of esters is 1. The first-order chi connectivity index (χ1) is 8.17. The highest BCUT2D eigenvalue weighted by Crippen LogP contribution is 2.11. The van der Waals surface area contributed by atoms with Gasteiger partial charge in [-0.2, -0.15) is 0 Å². The van der Waals surface area contributed by atoms with Gasteiger partial charge in [-0.3, -0.25) is 0 Å². The van der Waals surface area contributed by atoms with Crippen LogP contribution in [-0.2, 0) is 14.3 Å². The summed E-state index contributed by atoms with van der Waals surface area (Å²) in [5.41, 5.74) is -0.532. The highest BCUT2D eigenvalue weighted by molar-refractivity contribution is 5.82. The fourth-order valence-corrected chi connectivity index (χ4v) is 1.04. The van der Waals surface area contributed by atoms with Crippen molar-refractivity contribution in [3.05, 3.63) is 12.2 Å². The van der Waals surface area contributed by atoms with Crippen LogP contribution < -0.4 is 0 Å². The van der Waals surface area contributed by atoms with Crippen LogP contribution >= 0.6 is 0 Å². The molecule has 0 aromatic rings. The molecule has 0 fully saturated rings. The quantitative estimate of drug-likeness (QED) is 0.573. The average molecular weight is 257 g/mol. The maximum atomic E-state index is 11.7. The largest absolute Gasteiger partial charge is 0.463 e. The first-order valence-electron chi connectivity index (χ1n) is 5.98. The zero-order valence-electron chi connectivity index (χ0n) is 12.0. The fourth-order valence-electron chi connectivity index (χ4n) is 1.04. The zero-order chi connectivity index (χ0) is 14.3. The van der Waals surface area contributed by atoms with E-state index in [0.717, 1.165) is 0 Å². The van der Waals surface area contributed by atoms with Gasteiger partial charge in [-0.05, 0) is 34.6 Å². The van der Waals surface area contributed by atoms with Gasteiger partial charge in [0.1, 0.15) is 5.60 Å². The van der Waals surface area contributed by atoms with Crippen LogP contribution in [0.15, 0.2) is 12.2 Å². The fraction of sp³-hybridized carbons (Fsp3) is 0.692. The van der Waals surface area contributed by atoms with E-state index in [1.165, 1.54) is 11.0 Å². The summed E-state index contributed by atoms with van der Waals surface area (Å²) in [5, 5.41) is 0. The molecule has 0 spiro atoms. The van der Waals surface area contributed by atoms with Crippen LogP contribution in [0.5, 0.6) is 0 Å². The lowest BCUT2D eigenvalue weighted by Crippen LogP contribution is -2.38. The predicted octanol–water partition coefficient (Wildman–Crippen LogP) is 2.36. The molecule has 1 atom stereocenters. The lowest BCUT2D eigenvalue weighted by molar-refractivity contribution is -0.137. The maximum absolute atomic E-state index is 11.7. The Morgan fingerprint density at radius 2 is 1.89 bits per heavy atom. The minimum Gasteiger partial charge on any atom is -0.463 e. The van der Waals surface area contributed by atoms with Gasteiger partial charge in [-0.15, -0.1) is 0 Å². The third-order valence-corrected chi connectivity index (χ3v) is 2.09. The van der Waals surface area contributed by atoms with E-state index in [4.69, 9.17) is 9.47 Å². The number of hydrogen-bond donors (Lipinski definition) is 0. The molecule has 0 aliphatic rings. The number of carbonyl (C=O) groups is 2. The van der Waals surface area contributed by atoms with Crippen molar-refractivity contribution in [3.63, 3.8) is 0 Å². The van der Waals surface area contributed by atoms with Crippen molar-refractivity contribution in [2.24, 2.45) is 0 Å². The van der Waals surface area contributed by atoms with Gasteiger partial charge in [0.25, 0.3) is 0 Å². The molecule has 5 heteroatoms. The third-order valence-electron chi connectivity index (χ3n) is 2.09. The van der Waals surface area contributed by atoms with E-state index in [1.54, 1.807) is 47.7 Å². The average Bonchev–Trinajstić information content (AvgIpc) is 2.22. The molecule has 0 N–H and O–H groups in total. The first kappa shape index (κ1) is 16.5. The van der Waals surface area contributed by atoms with Crippen molar-refractivity contribution in [3.8, 4) is 0 Å².